The Kier molecular flexibility index (Phi) is 8.86. The van der Waals surface area contributed by atoms with E-state index in [2.05, 4.69) is 15.2 Å². The van der Waals surface area contributed by atoms with E-state index in [0.29, 0.717) is 11.6 Å². The summed E-state index contributed by atoms with van der Waals surface area (Å²) in [5.74, 6) is -5.29. The Morgan fingerprint density at radius 1 is 1.05 bits per heavy atom. The fourth-order valence-corrected chi connectivity index (χ4v) is 3.90. The van der Waals surface area contributed by atoms with Crippen LogP contribution in [0.2, 0.25) is 10.0 Å². The van der Waals surface area contributed by atoms with Crippen LogP contribution in [0.4, 0.5) is 13.2 Å². The fraction of sp³-hybridized carbons (Fsp3) is 0.217. The van der Waals surface area contributed by atoms with Gasteiger partial charge in [-0.3, -0.25) is 9.48 Å². The number of benzene rings is 2. The fourth-order valence-electron chi connectivity index (χ4n) is 3.47. The van der Waals surface area contributed by atoms with Crippen LogP contribution in [0.25, 0.3) is 0 Å². The van der Waals surface area contributed by atoms with E-state index in [1.165, 1.54) is 24.4 Å². The lowest BCUT2D eigenvalue weighted by Crippen LogP contribution is -2.48. The number of hydrogen-bond donors (Lipinski definition) is 4. The molecular weight excluding hydrogens is 558 g/mol. The molecule has 10 nitrogen and oxygen atoms in total. The van der Waals surface area contributed by atoms with Crippen molar-refractivity contribution in [2.75, 3.05) is 0 Å². The molecule has 202 valence electrons. The van der Waals surface area contributed by atoms with Crippen LogP contribution >= 0.6 is 23.2 Å². The number of carbonyl (C=O) groups is 3. The Morgan fingerprint density at radius 2 is 1.74 bits per heavy atom. The first-order chi connectivity index (χ1) is 17.8. The number of aliphatic carboxylic acids is 1. The first-order valence-electron chi connectivity index (χ1n) is 10.5. The van der Waals surface area contributed by atoms with Crippen LogP contribution in [0.1, 0.15) is 32.0 Å². The minimum Gasteiger partial charge on any atom is -0.479 e. The number of aliphatic hydroxyl groups is 1. The maximum Gasteiger partial charge on any atom is 0.573 e. The van der Waals surface area contributed by atoms with Crippen LogP contribution in [-0.2, 0) is 17.8 Å². The Balaban J connectivity index is 2.02. The maximum atomic E-state index is 13.1. The van der Waals surface area contributed by atoms with Gasteiger partial charge >= 0.3 is 18.3 Å². The second kappa shape index (κ2) is 11.7. The molecule has 0 saturated heterocycles. The van der Waals surface area contributed by atoms with Crippen LogP contribution in [0.3, 0.4) is 0 Å². The molecule has 0 unspecified atom stereocenters. The molecule has 2 atom stereocenters. The minimum atomic E-state index is -5.23. The van der Waals surface area contributed by atoms with Crippen molar-refractivity contribution in [3.8, 4) is 5.75 Å². The number of rotatable bonds is 10. The molecule has 1 aromatic heterocycles. The smallest absolute Gasteiger partial charge is 0.479 e. The lowest BCUT2D eigenvalue weighted by atomic mass is 10.00. The number of nitrogens with one attached hydrogen (secondary N) is 1. The molecule has 15 heteroatoms. The molecule has 0 saturated carbocycles. The Labute approximate surface area is 222 Å². The van der Waals surface area contributed by atoms with E-state index in [-0.39, 0.29) is 34.3 Å². The summed E-state index contributed by atoms with van der Waals surface area (Å²) in [5, 5.41) is 34.7. The lowest BCUT2D eigenvalue weighted by Gasteiger charge is -2.23. The summed E-state index contributed by atoms with van der Waals surface area (Å²) in [4.78, 5) is 36.0. The molecule has 4 N–H and O–H groups in total. The monoisotopic (exact) mass is 575 g/mol. The van der Waals surface area contributed by atoms with Gasteiger partial charge in [0.25, 0.3) is 5.91 Å². The van der Waals surface area contributed by atoms with Gasteiger partial charge in [0.05, 0.1) is 18.2 Å². The van der Waals surface area contributed by atoms with Crippen LogP contribution in [0, 0.1) is 0 Å². The predicted molar refractivity (Wildman–Crippen MR) is 126 cm³/mol. The number of nitrogens with zero attached hydrogens (tertiary/aromatic N) is 2. The molecule has 2 aromatic carbocycles. The van der Waals surface area contributed by atoms with Crippen LogP contribution in [0.5, 0.6) is 5.75 Å². The number of amides is 1. The molecule has 38 heavy (non-hydrogen) atoms. The van der Waals surface area contributed by atoms with Crippen molar-refractivity contribution in [2.45, 2.75) is 31.5 Å². The maximum absolute atomic E-state index is 13.1. The quantitative estimate of drug-likeness (QED) is 0.286. The van der Waals surface area contributed by atoms with Crippen molar-refractivity contribution in [2.24, 2.45) is 0 Å². The van der Waals surface area contributed by atoms with Crippen molar-refractivity contribution in [3.05, 3.63) is 81.1 Å². The normalized spacial score (nSPS) is 13.0. The highest BCUT2D eigenvalue weighted by molar-refractivity contribution is 6.32. The van der Waals surface area contributed by atoms with Crippen molar-refractivity contribution >= 4 is 41.0 Å². The van der Waals surface area contributed by atoms with E-state index >= 15 is 0 Å². The second-order valence-corrected chi connectivity index (χ2v) is 8.64. The molecule has 0 radical (unpaired) electrons. The van der Waals surface area contributed by atoms with Gasteiger partial charge in [-0.15, -0.1) is 13.2 Å². The molecule has 0 aliphatic rings. The average molecular weight is 576 g/mol. The van der Waals surface area contributed by atoms with Gasteiger partial charge in [0, 0.05) is 22.3 Å². The largest absolute Gasteiger partial charge is 0.573 e. The van der Waals surface area contributed by atoms with Crippen LogP contribution in [-0.4, -0.2) is 61.5 Å². The molecule has 0 fully saturated rings. The van der Waals surface area contributed by atoms with E-state index in [9.17, 15) is 42.9 Å². The number of halogens is 5. The molecule has 1 heterocycles. The standard InChI is InChI=1S/C23H18Cl2F3N3O7/c24-14-4-2-1-3-11(14)8-16(19(32)22(36)37)30-20(33)13-7-12(10-31-17(21(34)35)5-6-29-31)15(25)9-18(13)38-23(26,27)28/h1-7,9,16,19,32H,8,10H2,(H,30,33)(H,34,35)(H,36,37)/t16-,19-/m1/s1. The number of ether oxygens (including phenoxy) is 1. The number of carboxylic acid groups (broad SMARTS) is 2. The SMILES string of the molecule is O=C(N[C@H](Cc1ccccc1Cl)[C@@H](O)C(=O)O)c1cc(Cn2nccc2C(=O)O)c(Cl)cc1OC(F)(F)F. The summed E-state index contributed by atoms with van der Waals surface area (Å²) in [6.07, 6.45) is -6.49. The zero-order valence-corrected chi connectivity index (χ0v) is 20.5. The molecule has 0 spiro atoms. The van der Waals surface area contributed by atoms with Crippen molar-refractivity contribution in [1.29, 1.82) is 0 Å². The minimum absolute atomic E-state index is 0.000946. The third kappa shape index (κ3) is 7.15. The van der Waals surface area contributed by atoms with E-state index in [4.69, 9.17) is 23.2 Å². The highest BCUT2D eigenvalue weighted by atomic mass is 35.5. The van der Waals surface area contributed by atoms with Gasteiger partial charge in [0.2, 0.25) is 0 Å². The van der Waals surface area contributed by atoms with Gasteiger partial charge in [-0.1, -0.05) is 41.4 Å². The predicted octanol–water partition coefficient (Wildman–Crippen LogP) is 3.62. The van der Waals surface area contributed by atoms with Gasteiger partial charge in [0.1, 0.15) is 11.4 Å². The number of carboxylic acids is 2. The number of aromatic nitrogens is 2. The Morgan fingerprint density at radius 3 is 2.34 bits per heavy atom. The van der Waals surface area contributed by atoms with Gasteiger partial charge in [-0.2, -0.15) is 5.10 Å². The zero-order chi connectivity index (χ0) is 28.2. The number of aliphatic hydroxyl groups excluding tert-OH is 1. The number of carbonyl (C=O) groups excluding carboxylic acids is 1. The Hall–Kier alpha value is -3.81. The zero-order valence-electron chi connectivity index (χ0n) is 18.9. The van der Waals surface area contributed by atoms with Gasteiger partial charge in [0.15, 0.2) is 6.10 Å². The number of hydrogen-bond acceptors (Lipinski definition) is 6. The molecule has 0 aliphatic carbocycles. The topological polar surface area (TPSA) is 151 Å². The van der Waals surface area contributed by atoms with Crippen LogP contribution < -0.4 is 10.1 Å². The summed E-state index contributed by atoms with van der Waals surface area (Å²) in [7, 11) is 0. The van der Waals surface area contributed by atoms with Crippen molar-refractivity contribution < 1.29 is 47.6 Å². The third-order valence-electron chi connectivity index (χ3n) is 5.22. The lowest BCUT2D eigenvalue weighted by molar-refractivity contribution is -0.274. The molecular formula is C23H18Cl2F3N3O7. The molecule has 1 amide bonds. The first-order valence-corrected chi connectivity index (χ1v) is 11.3. The summed E-state index contributed by atoms with van der Waals surface area (Å²) < 4.78 is 44.2. The summed E-state index contributed by atoms with van der Waals surface area (Å²) >= 11 is 12.2. The van der Waals surface area contributed by atoms with E-state index < -0.39 is 47.7 Å². The number of alkyl halides is 3. The highest BCUT2D eigenvalue weighted by Gasteiger charge is 2.35. The van der Waals surface area contributed by atoms with Gasteiger partial charge in [-0.05, 0) is 35.7 Å². The molecule has 3 aromatic rings. The van der Waals surface area contributed by atoms with Crippen molar-refractivity contribution in [1.82, 2.24) is 15.1 Å². The number of aromatic carboxylic acids is 1. The van der Waals surface area contributed by atoms with Gasteiger partial charge < -0.3 is 25.4 Å². The van der Waals surface area contributed by atoms with E-state index in [1.807, 2.05) is 0 Å². The molecule has 0 bridgehead atoms. The second-order valence-electron chi connectivity index (χ2n) is 7.83. The molecule has 0 aliphatic heterocycles. The summed E-state index contributed by atoms with van der Waals surface area (Å²) in [6.45, 7) is -0.346. The van der Waals surface area contributed by atoms with Gasteiger partial charge in [-0.25, -0.2) is 9.59 Å². The van der Waals surface area contributed by atoms with E-state index in [0.717, 1.165) is 10.7 Å². The van der Waals surface area contributed by atoms with Crippen molar-refractivity contribution in [3.63, 3.8) is 0 Å². The van der Waals surface area contributed by atoms with Crippen LogP contribution in [0.15, 0.2) is 48.7 Å². The molecule has 3 rings (SSSR count). The first kappa shape index (κ1) is 28.8. The average Bonchev–Trinajstić information content (AvgIpc) is 3.28. The highest BCUT2D eigenvalue weighted by Crippen LogP contribution is 2.32. The summed E-state index contributed by atoms with van der Waals surface area (Å²) in [5.41, 5.74) is -0.623. The summed E-state index contributed by atoms with van der Waals surface area (Å²) in [6, 6.07) is 7.46. The Bertz CT molecular complexity index is 1360. The third-order valence-corrected chi connectivity index (χ3v) is 5.94. The van der Waals surface area contributed by atoms with E-state index in [1.54, 1.807) is 12.1 Å².